The van der Waals surface area contributed by atoms with E-state index in [1.165, 1.54) is 23.4 Å². The zero-order valence-electron chi connectivity index (χ0n) is 20.1. The van der Waals surface area contributed by atoms with Gasteiger partial charge in [-0.25, -0.2) is 19.0 Å². The number of fused-ring (bicyclic) bond motifs is 1. The number of benzene rings is 2. The van der Waals surface area contributed by atoms with Crippen molar-refractivity contribution in [3.63, 3.8) is 0 Å². The summed E-state index contributed by atoms with van der Waals surface area (Å²) in [5.41, 5.74) is 2.88. The Morgan fingerprint density at radius 1 is 1.00 bits per heavy atom. The number of hydrogen-bond acceptors (Lipinski definition) is 7. The number of amides is 2. The summed E-state index contributed by atoms with van der Waals surface area (Å²) in [7, 11) is 0. The molecule has 2 amide bonds. The number of carbonyl (C=O) groups excluding carboxylic acids is 2. The van der Waals surface area contributed by atoms with Crippen LogP contribution in [0.15, 0.2) is 60.9 Å². The molecule has 6 rings (SSSR count). The smallest absolute Gasteiger partial charge is 0.228 e. The minimum atomic E-state index is -0.439. The van der Waals surface area contributed by atoms with Crippen LogP contribution in [0.4, 0.5) is 15.9 Å². The van der Waals surface area contributed by atoms with Crippen molar-refractivity contribution < 1.29 is 14.0 Å². The van der Waals surface area contributed by atoms with Gasteiger partial charge in [0.05, 0.1) is 12.5 Å². The van der Waals surface area contributed by atoms with E-state index in [0.29, 0.717) is 55.4 Å². The van der Waals surface area contributed by atoms with E-state index in [1.807, 2.05) is 30.3 Å². The van der Waals surface area contributed by atoms with Crippen molar-refractivity contribution in [3.05, 3.63) is 72.3 Å². The Morgan fingerprint density at radius 3 is 2.59 bits per heavy atom. The van der Waals surface area contributed by atoms with E-state index >= 15 is 0 Å². The van der Waals surface area contributed by atoms with Crippen molar-refractivity contribution in [2.75, 3.05) is 42.5 Å². The van der Waals surface area contributed by atoms with E-state index in [0.717, 1.165) is 5.56 Å². The molecule has 4 heterocycles. The fourth-order valence-corrected chi connectivity index (χ4v) is 5.04. The molecule has 0 aliphatic carbocycles. The lowest BCUT2D eigenvalue weighted by molar-refractivity contribution is -0.136. The van der Waals surface area contributed by atoms with Gasteiger partial charge in [-0.15, -0.1) is 5.10 Å². The normalized spacial score (nSPS) is 18.1. The van der Waals surface area contributed by atoms with Crippen molar-refractivity contribution in [2.45, 2.75) is 13.0 Å². The van der Waals surface area contributed by atoms with Crippen LogP contribution < -0.4 is 9.80 Å². The third-order valence-electron chi connectivity index (χ3n) is 6.94. The predicted molar refractivity (Wildman–Crippen MR) is 134 cm³/mol. The summed E-state index contributed by atoms with van der Waals surface area (Å²) in [4.78, 5) is 40.1. The van der Waals surface area contributed by atoms with Crippen LogP contribution in [0.2, 0.25) is 0 Å². The Labute approximate surface area is 212 Å². The van der Waals surface area contributed by atoms with Gasteiger partial charge in [0, 0.05) is 44.8 Å². The number of nitrogens with zero attached hydrogens (tertiary/aromatic N) is 8. The van der Waals surface area contributed by atoms with Gasteiger partial charge >= 0.3 is 0 Å². The highest BCUT2D eigenvalue weighted by Crippen LogP contribution is 2.28. The highest BCUT2D eigenvalue weighted by Gasteiger charge is 2.38. The maximum absolute atomic E-state index is 13.6. The first-order valence-corrected chi connectivity index (χ1v) is 12.2. The highest BCUT2D eigenvalue weighted by molar-refractivity contribution is 6.00. The predicted octanol–water partition coefficient (Wildman–Crippen LogP) is 2.11. The number of hydrogen-bond donors (Lipinski definition) is 0. The Balaban J connectivity index is 1.12. The summed E-state index contributed by atoms with van der Waals surface area (Å²) in [5, 5.41) is 8.65. The number of aromatic nitrogens is 5. The summed E-state index contributed by atoms with van der Waals surface area (Å²) in [5.74, 6) is -0.357. The highest BCUT2D eigenvalue weighted by atomic mass is 19.1. The van der Waals surface area contributed by atoms with E-state index in [4.69, 9.17) is 0 Å². The number of anilines is 2. The van der Waals surface area contributed by atoms with Crippen molar-refractivity contribution in [3.8, 4) is 0 Å². The van der Waals surface area contributed by atoms with Crippen LogP contribution in [-0.4, -0.2) is 74.4 Å². The molecule has 0 spiro atoms. The van der Waals surface area contributed by atoms with Crippen molar-refractivity contribution >= 4 is 34.5 Å². The maximum atomic E-state index is 13.6. The van der Waals surface area contributed by atoms with Gasteiger partial charge in [-0.05, 0) is 23.8 Å². The number of carbonyl (C=O) groups is 2. The Bertz CT molecular complexity index is 1450. The second kappa shape index (κ2) is 9.57. The molecule has 4 aromatic rings. The van der Waals surface area contributed by atoms with Crippen LogP contribution in [0, 0.1) is 11.7 Å². The average Bonchev–Trinajstić information content (AvgIpc) is 3.52. The lowest BCUT2D eigenvalue weighted by Crippen LogP contribution is -2.51. The molecule has 2 fully saturated rings. The minimum absolute atomic E-state index is 0.0476. The molecule has 0 bridgehead atoms. The van der Waals surface area contributed by atoms with Crippen LogP contribution >= 0.6 is 0 Å². The maximum Gasteiger partial charge on any atom is 0.228 e. The number of rotatable bonds is 5. The molecule has 1 atom stereocenters. The van der Waals surface area contributed by atoms with Gasteiger partial charge in [-0.2, -0.15) is 0 Å². The molecule has 10 nitrogen and oxygen atoms in total. The first-order valence-electron chi connectivity index (χ1n) is 12.2. The molecule has 0 unspecified atom stereocenters. The van der Waals surface area contributed by atoms with Crippen molar-refractivity contribution in [1.82, 2.24) is 29.9 Å². The Hall–Kier alpha value is -4.41. The molecule has 37 heavy (non-hydrogen) atoms. The third-order valence-corrected chi connectivity index (χ3v) is 6.94. The second-order valence-corrected chi connectivity index (χ2v) is 9.30. The minimum Gasteiger partial charge on any atom is -0.351 e. The fraction of sp³-hybridized carbons (Fsp3) is 0.308. The molecule has 188 valence electrons. The molecule has 2 aromatic heterocycles. The standard InChI is InChI=1S/C26H25FN8O2/c27-20-7-4-8-21(14-20)34-16-19(13-22(34)36)26(37)33-11-9-32(10-12-33)24-23-25(29-17-28-24)35(31-30-23)15-18-5-2-1-3-6-18/h1-8,14,17,19H,9-13,15-16H2/t19-/m1/s1. The van der Waals surface area contributed by atoms with E-state index in [9.17, 15) is 14.0 Å². The molecule has 0 radical (unpaired) electrons. The van der Waals surface area contributed by atoms with Gasteiger partial charge in [0.1, 0.15) is 12.1 Å². The topological polar surface area (TPSA) is 100 Å². The average molecular weight is 501 g/mol. The quantitative estimate of drug-likeness (QED) is 0.414. The van der Waals surface area contributed by atoms with E-state index < -0.39 is 11.7 Å². The van der Waals surface area contributed by atoms with Crippen LogP contribution in [0.5, 0.6) is 0 Å². The van der Waals surface area contributed by atoms with Gasteiger partial charge in [-0.1, -0.05) is 41.6 Å². The lowest BCUT2D eigenvalue weighted by atomic mass is 10.1. The van der Waals surface area contributed by atoms with Crippen LogP contribution in [0.25, 0.3) is 11.2 Å². The molecule has 0 saturated carbocycles. The van der Waals surface area contributed by atoms with Gasteiger partial charge < -0.3 is 14.7 Å². The van der Waals surface area contributed by atoms with Crippen LogP contribution in [0.1, 0.15) is 12.0 Å². The van der Waals surface area contributed by atoms with E-state index in [1.54, 1.807) is 21.7 Å². The molecule has 2 aromatic carbocycles. The third kappa shape index (κ3) is 4.48. The molecule has 2 saturated heterocycles. The molecular weight excluding hydrogens is 475 g/mol. The van der Waals surface area contributed by atoms with Crippen molar-refractivity contribution in [2.24, 2.45) is 5.92 Å². The molecular formula is C26H25FN8O2. The monoisotopic (exact) mass is 500 g/mol. The van der Waals surface area contributed by atoms with Crippen LogP contribution in [0.3, 0.4) is 0 Å². The van der Waals surface area contributed by atoms with Gasteiger partial charge in [0.2, 0.25) is 11.8 Å². The van der Waals surface area contributed by atoms with E-state index in [-0.39, 0.29) is 24.8 Å². The van der Waals surface area contributed by atoms with Gasteiger partial charge in [-0.3, -0.25) is 9.59 Å². The van der Waals surface area contributed by atoms with Crippen LogP contribution in [-0.2, 0) is 16.1 Å². The second-order valence-electron chi connectivity index (χ2n) is 9.30. The van der Waals surface area contributed by atoms with Gasteiger partial charge in [0.25, 0.3) is 0 Å². The Kier molecular flexibility index (Phi) is 5.95. The summed E-state index contributed by atoms with van der Waals surface area (Å²) in [6, 6.07) is 15.9. The summed E-state index contributed by atoms with van der Waals surface area (Å²) < 4.78 is 15.4. The molecule has 0 N–H and O–H groups in total. The fourth-order valence-electron chi connectivity index (χ4n) is 5.04. The largest absolute Gasteiger partial charge is 0.351 e. The first kappa shape index (κ1) is 23.0. The SMILES string of the molecule is O=C([C@@H]1CC(=O)N(c2cccc(F)c2)C1)N1CCN(c2ncnc3c2nnn3Cc2ccccc2)CC1. The summed E-state index contributed by atoms with van der Waals surface area (Å²) in [6.45, 7) is 3.00. The zero-order chi connectivity index (χ0) is 25.4. The Morgan fingerprint density at radius 2 is 1.81 bits per heavy atom. The molecule has 2 aliphatic heterocycles. The zero-order valence-corrected chi connectivity index (χ0v) is 20.1. The summed E-state index contributed by atoms with van der Waals surface area (Å²) >= 11 is 0. The van der Waals surface area contributed by atoms with E-state index in [2.05, 4.69) is 25.2 Å². The number of piperazine rings is 1. The first-order chi connectivity index (χ1) is 18.1. The van der Waals surface area contributed by atoms with Gasteiger partial charge in [0.15, 0.2) is 17.0 Å². The number of halogens is 1. The lowest BCUT2D eigenvalue weighted by Gasteiger charge is -2.36. The molecule has 11 heteroatoms. The van der Waals surface area contributed by atoms with Crippen molar-refractivity contribution in [1.29, 1.82) is 0 Å². The molecule has 2 aliphatic rings. The summed E-state index contributed by atoms with van der Waals surface area (Å²) in [6.07, 6.45) is 1.65.